The third kappa shape index (κ3) is 7.50. The van der Waals surface area contributed by atoms with Gasteiger partial charge in [0.25, 0.3) is 0 Å². The third-order valence-corrected chi connectivity index (χ3v) is 23.8. The summed E-state index contributed by atoms with van der Waals surface area (Å²) in [4.78, 5) is 0. The van der Waals surface area contributed by atoms with E-state index in [1.807, 2.05) is 0 Å². The van der Waals surface area contributed by atoms with E-state index in [0.29, 0.717) is 0 Å². The van der Waals surface area contributed by atoms with Crippen molar-refractivity contribution in [1.29, 1.82) is 0 Å². The summed E-state index contributed by atoms with van der Waals surface area (Å²) in [5.41, 5.74) is 1.61. The molecule has 0 aliphatic heterocycles. The van der Waals surface area contributed by atoms with Crippen LogP contribution >= 0.6 is 0 Å². The quantitative estimate of drug-likeness (QED) is 0.361. The minimum Gasteiger partial charge on any atom is -0.436 e. The van der Waals surface area contributed by atoms with Crippen LogP contribution in [0.5, 0.6) is 0 Å². The smallest absolute Gasteiger partial charge is 0.312 e. The highest BCUT2D eigenvalue weighted by Gasteiger charge is 2.47. The standard InChI is InChI=1S/C20H46O3Si4/c1-24(2,19-15-11-9-12-16-19)21-26(5,6)23-27(7,8)22-25(3,4)20-17-13-10-14-18-20/h19-20H,9-18H2,1-8H3. The molecule has 2 aliphatic carbocycles. The van der Waals surface area contributed by atoms with Gasteiger partial charge in [-0.15, -0.1) is 0 Å². The fourth-order valence-corrected chi connectivity index (χ4v) is 26.5. The molecule has 27 heavy (non-hydrogen) atoms. The molecule has 0 N–H and O–H groups in total. The Labute approximate surface area is 173 Å². The molecule has 0 amide bonds. The molecule has 2 fully saturated rings. The van der Waals surface area contributed by atoms with E-state index in [-0.39, 0.29) is 0 Å². The average molecular weight is 447 g/mol. The fraction of sp³-hybridized carbons (Fsp3) is 1.00. The Morgan fingerprint density at radius 2 is 0.741 bits per heavy atom. The second-order valence-corrected chi connectivity index (χ2v) is 27.1. The van der Waals surface area contributed by atoms with Crippen LogP contribution in [0.25, 0.3) is 0 Å². The first kappa shape index (κ1) is 24.0. The van der Waals surface area contributed by atoms with Crippen LogP contribution in [0.3, 0.4) is 0 Å². The molecule has 7 heteroatoms. The van der Waals surface area contributed by atoms with Crippen LogP contribution in [0.1, 0.15) is 64.2 Å². The van der Waals surface area contributed by atoms with Crippen LogP contribution in [-0.2, 0) is 12.3 Å². The first-order chi connectivity index (χ1) is 12.3. The topological polar surface area (TPSA) is 27.7 Å². The van der Waals surface area contributed by atoms with Crippen LogP contribution in [0.4, 0.5) is 0 Å². The Hall–Kier alpha value is 0.748. The van der Waals surface area contributed by atoms with Gasteiger partial charge < -0.3 is 12.3 Å². The second kappa shape index (κ2) is 9.27. The maximum Gasteiger partial charge on any atom is 0.312 e. The number of rotatable bonds is 8. The minimum atomic E-state index is -2.19. The molecule has 0 aromatic rings. The van der Waals surface area contributed by atoms with E-state index in [0.717, 1.165) is 11.1 Å². The maximum absolute atomic E-state index is 6.89. The molecule has 0 atom stereocenters. The lowest BCUT2D eigenvalue weighted by Crippen LogP contribution is -2.58. The van der Waals surface area contributed by atoms with Crippen molar-refractivity contribution < 1.29 is 12.3 Å². The largest absolute Gasteiger partial charge is 0.436 e. The molecule has 160 valence electrons. The summed E-state index contributed by atoms with van der Waals surface area (Å²) < 4.78 is 20.6. The second-order valence-electron chi connectivity index (χ2n) is 11.0. The molecule has 0 spiro atoms. The van der Waals surface area contributed by atoms with Crippen molar-refractivity contribution in [2.45, 2.75) is 128 Å². The predicted octanol–water partition coefficient (Wildman–Crippen LogP) is 7.52. The summed E-state index contributed by atoms with van der Waals surface area (Å²) >= 11 is 0. The van der Waals surface area contributed by atoms with Crippen LogP contribution in [-0.4, -0.2) is 33.8 Å². The van der Waals surface area contributed by atoms with E-state index >= 15 is 0 Å². The van der Waals surface area contributed by atoms with Crippen molar-refractivity contribution in [1.82, 2.24) is 0 Å². The zero-order valence-corrected chi connectivity index (χ0v) is 23.5. The molecule has 2 aliphatic rings. The van der Waals surface area contributed by atoms with E-state index in [1.54, 1.807) is 0 Å². The van der Waals surface area contributed by atoms with Crippen molar-refractivity contribution in [2.75, 3.05) is 0 Å². The van der Waals surface area contributed by atoms with Crippen LogP contribution in [0.2, 0.25) is 63.5 Å². The molecule has 0 aromatic carbocycles. The van der Waals surface area contributed by atoms with Crippen LogP contribution in [0, 0.1) is 0 Å². The van der Waals surface area contributed by atoms with E-state index in [9.17, 15) is 0 Å². The van der Waals surface area contributed by atoms with E-state index in [2.05, 4.69) is 52.4 Å². The van der Waals surface area contributed by atoms with Gasteiger partial charge in [-0.2, -0.15) is 0 Å². The summed E-state index contributed by atoms with van der Waals surface area (Å²) in [6.45, 7) is 18.8. The highest BCUT2D eigenvalue weighted by Crippen LogP contribution is 2.41. The summed E-state index contributed by atoms with van der Waals surface area (Å²) in [5, 5.41) is 0. The third-order valence-electron chi connectivity index (χ3n) is 6.69. The van der Waals surface area contributed by atoms with Crippen molar-refractivity contribution in [2.24, 2.45) is 0 Å². The molecule has 2 saturated carbocycles. The fourth-order valence-electron chi connectivity index (χ4n) is 5.66. The van der Waals surface area contributed by atoms with Gasteiger partial charge in [0.1, 0.15) is 0 Å². The van der Waals surface area contributed by atoms with E-state index in [1.165, 1.54) is 64.2 Å². The predicted molar refractivity (Wildman–Crippen MR) is 127 cm³/mol. The lowest BCUT2D eigenvalue weighted by atomic mass is 10.0. The molecule has 0 heterocycles. The lowest BCUT2D eigenvalue weighted by molar-refractivity contribution is 0.313. The summed E-state index contributed by atoms with van der Waals surface area (Å²) in [5.74, 6) is 0. The minimum absolute atomic E-state index is 0.806. The molecule has 0 saturated heterocycles. The van der Waals surface area contributed by atoms with Crippen molar-refractivity contribution in [3.63, 3.8) is 0 Å². The Morgan fingerprint density at radius 3 is 1.04 bits per heavy atom. The van der Waals surface area contributed by atoms with Crippen LogP contribution < -0.4 is 0 Å². The number of hydrogen-bond acceptors (Lipinski definition) is 3. The normalized spacial score (nSPS) is 22.2. The Morgan fingerprint density at radius 1 is 0.444 bits per heavy atom. The zero-order chi connectivity index (χ0) is 20.3. The van der Waals surface area contributed by atoms with Gasteiger partial charge >= 0.3 is 17.1 Å². The Bertz CT molecular complexity index is 426. The Kier molecular flexibility index (Phi) is 8.24. The van der Waals surface area contributed by atoms with Crippen LogP contribution in [0.15, 0.2) is 0 Å². The molecular weight excluding hydrogens is 401 g/mol. The highest BCUT2D eigenvalue weighted by molar-refractivity contribution is 6.90. The number of hydrogen-bond donors (Lipinski definition) is 0. The maximum atomic E-state index is 6.89. The molecule has 3 nitrogen and oxygen atoms in total. The molecule has 2 rings (SSSR count). The van der Waals surface area contributed by atoms with Gasteiger partial charge in [-0.1, -0.05) is 64.2 Å². The van der Waals surface area contributed by atoms with Crippen molar-refractivity contribution >= 4 is 33.8 Å². The summed E-state index contributed by atoms with van der Waals surface area (Å²) in [7, 11) is -7.80. The van der Waals surface area contributed by atoms with Gasteiger partial charge in [-0.25, -0.2) is 0 Å². The average Bonchev–Trinajstić information content (AvgIpc) is 2.53. The van der Waals surface area contributed by atoms with Crippen molar-refractivity contribution in [3.8, 4) is 0 Å². The van der Waals surface area contributed by atoms with Gasteiger partial charge in [0.05, 0.1) is 0 Å². The first-order valence-corrected chi connectivity index (χ1v) is 23.0. The first-order valence-electron chi connectivity index (χ1n) is 11.4. The van der Waals surface area contributed by atoms with Gasteiger partial charge in [-0.3, -0.25) is 0 Å². The molecule has 0 unspecified atom stereocenters. The Balaban J connectivity index is 1.96. The summed E-state index contributed by atoms with van der Waals surface area (Å²) in [6.07, 6.45) is 13.8. The van der Waals surface area contributed by atoms with E-state index in [4.69, 9.17) is 12.3 Å². The summed E-state index contributed by atoms with van der Waals surface area (Å²) in [6, 6.07) is 0. The SMILES string of the molecule is C[Si](C)(O[Si](C)(C)O[Si](C)(C)C1CCCCC1)O[Si](C)(C)C1CCCCC1. The van der Waals surface area contributed by atoms with Gasteiger partial charge in [0, 0.05) is 0 Å². The van der Waals surface area contributed by atoms with E-state index < -0.39 is 33.8 Å². The molecule has 0 radical (unpaired) electrons. The monoisotopic (exact) mass is 446 g/mol. The molecule has 0 bridgehead atoms. The van der Waals surface area contributed by atoms with Gasteiger partial charge in [-0.05, 0) is 63.5 Å². The molecular formula is C20H46O3Si4. The van der Waals surface area contributed by atoms with Gasteiger partial charge in [0.15, 0.2) is 16.6 Å². The molecule has 0 aromatic heterocycles. The van der Waals surface area contributed by atoms with Gasteiger partial charge in [0.2, 0.25) is 0 Å². The highest BCUT2D eigenvalue weighted by atomic mass is 28.5. The van der Waals surface area contributed by atoms with Crippen molar-refractivity contribution in [3.05, 3.63) is 0 Å². The zero-order valence-electron chi connectivity index (χ0n) is 19.5. The lowest BCUT2D eigenvalue weighted by Gasteiger charge is -2.45.